The molecule has 1 heterocycles. The van der Waals surface area contributed by atoms with Crippen molar-refractivity contribution < 1.29 is 5.11 Å². The van der Waals surface area contributed by atoms with Gasteiger partial charge in [0, 0.05) is 18.0 Å². The Balaban J connectivity index is 2.65. The number of aromatic nitrogens is 2. The molecule has 0 saturated heterocycles. The highest BCUT2D eigenvalue weighted by Crippen LogP contribution is 2.26. The van der Waals surface area contributed by atoms with E-state index in [4.69, 9.17) is 0 Å². The van der Waals surface area contributed by atoms with E-state index in [2.05, 4.69) is 29.1 Å². The van der Waals surface area contributed by atoms with Crippen molar-refractivity contribution in [1.82, 2.24) is 9.97 Å². The molecule has 4 nitrogen and oxygen atoms in total. The number of anilines is 1. The lowest BCUT2D eigenvalue weighted by molar-refractivity contribution is 0.127. The summed E-state index contributed by atoms with van der Waals surface area (Å²) in [5, 5.41) is 13.7. The van der Waals surface area contributed by atoms with E-state index in [1.165, 1.54) is 0 Å². The molecule has 1 rings (SSSR count). The molecule has 1 aromatic heterocycles. The fourth-order valence-corrected chi connectivity index (χ4v) is 1.99. The van der Waals surface area contributed by atoms with E-state index in [0.29, 0.717) is 0 Å². The topological polar surface area (TPSA) is 58.0 Å². The molecular weight excluding hydrogens is 234 g/mol. The number of aliphatic hydroxyl groups is 1. The summed E-state index contributed by atoms with van der Waals surface area (Å²) in [6, 6.07) is 1.93. The second-order valence-electron chi connectivity index (χ2n) is 4.16. The van der Waals surface area contributed by atoms with Crippen molar-refractivity contribution >= 4 is 17.6 Å². The first kappa shape index (κ1) is 14.3. The Morgan fingerprint density at radius 3 is 2.59 bits per heavy atom. The summed E-state index contributed by atoms with van der Waals surface area (Å²) in [5.41, 5.74) is -0.0511. The zero-order valence-electron chi connectivity index (χ0n) is 10.7. The fourth-order valence-electron chi connectivity index (χ4n) is 1.61. The number of aliphatic hydroxyl groups excluding tert-OH is 1. The quantitative estimate of drug-likeness (QED) is 0.579. The summed E-state index contributed by atoms with van der Waals surface area (Å²) in [5.74, 6) is 0.823. The van der Waals surface area contributed by atoms with Gasteiger partial charge in [-0.1, -0.05) is 13.8 Å². The third kappa shape index (κ3) is 3.85. The normalized spacial score (nSPS) is 11.5. The molecule has 0 bridgehead atoms. The number of hydrogen-bond donors (Lipinski definition) is 2. The molecule has 0 spiro atoms. The molecular formula is C12H21N3OS. The molecule has 2 N–H and O–H groups in total. The van der Waals surface area contributed by atoms with E-state index in [1.807, 2.05) is 12.3 Å². The summed E-state index contributed by atoms with van der Waals surface area (Å²) < 4.78 is 0. The van der Waals surface area contributed by atoms with Crippen LogP contribution in [-0.4, -0.2) is 34.5 Å². The Morgan fingerprint density at radius 2 is 2.06 bits per heavy atom. The third-order valence-corrected chi connectivity index (χ3v) is 3.97. The van der Waals surface area contributed by atoms with Gasteiger partial charge in [0.1, 0.15) is 17.2 Å². The molecule has 17 heavy (non-hydrogen) atoms. The smallest absolute Gasteiger partial charge is 0.130 e. The number of thioether (sulfide) groups is 1. The molecule has 0 fully saturated rings. The Labute approximate surface area is 107 Å². The molecule has 0 unspecified atom stereocenters. The predicted octanol–water partition coefficient (Wildman–Crippen LogP) is 2.41. The van der Waals surface area contributed by atoms with E-state index in [9.17, 15) is 5.11 Å². The zero-order chi connectivity index (χ0) is 12.7. The minimum Gasteiger partial charge on any atom is -0.396 e. The molecule has 0 saturated carbocycles. The maximum absolute atomic E-state index is 9.48. The van der Waals surface area contributed by atoms with Gasteiger partial charge in [-0.05, 0) is 19.1 Å². The highest BCUT2D eigenvalue weighted by Gasteiger charge is 2.24. The van der Waals surface area contributed by atoms with Crippen LogP contribution >= 0.6 is 11.8 Å². The first-order valence-corrected chi connectivity index (χ1v) is 7.13. The van der Waals surface area contributed by atoms with Crippen LogP contribution in [0.4, 0.5) is 5.82 Å². The average Bonchev–Trinajstić information content (AvgIpc) is 2.41. The number of nitrogens with zero attached hydrogens (tertiary/aromatic N) is 2. The van der Waals surface area contributed by atoms with Gasteiger partial charge in [0.05, 0.1) is 6.61 Å². The highest BCUT2D eigenvalue weighted by molar-refractivity contribution is 7.98. The molecule has 0 aliphatic carbocycles. The molecule has 0 radical (unpaired) electrons. The number of hydrogen-bond acceptors (Lipinski definition) is 5. The lowest BCUT2D eigenvalue weighted by Gasteiger charge is -2.29. The van der Waals surface area contributed by atoms with E-state index in [0.717, 1.165) is 30.2 Å². The summed E-state index contributed by atoms with van der Waals surface area (Å²) in [6.07, 6.45) is 5.45. The van der Waals surface area contributed by atoms with E-state index >= 15 is 0 Å². The zero-order valence-corrected chi connectivity index (χ0v) is 11.5. The monoisotopic (exact) mass is 255 g/mol. The van der Waals surface area contributed by atoms with Crippen molar-refractivity contribution in [3.05, 3.63) is 12.4 Å². The SMILES string of the molecule is CCC(CC)(CO)CNc1cc(SC)ncn1. The van der Waals surface area contributed by atoms with Crippen molar-refractivity contribution in [2.75, 3.05) is 24.7 Å². The van der Waals surface area contributed by atoms with Crippen LogP contribution in [-0.2, 0) is 0 Å². The van der Waals surface area contributed by atoms with Gasteiger partial charge in [0.2, 0.25) is 0 Å². The fraction of sp³-hybridized carbons (Fsp3) is 0.667. The lowest BCUT2D eigenvalue weighted by atomic mass is 9.83. The second kappa shape index (κ2) is 6.81. The van der Waals surface area contributed by atoms with Gasteiger partial charge in [-0.25, -0.2) is 9.97 Å². The van der Waals surface area contributed by atoms with Crippen molar-refractivity contribution in [2.24, 2.45) is 5.41 Å². The summed E-state index contributed by atoms with van der Waals surface area (Å²) in [7, 11) is 0. The largest absolute Gasteiger partial charge is 0.396 e. The molecule has 0 amide bonds. The van der Waals surface area contributed by atoms with Crippen LogP contribution in [0.3, 0.4) is 0 Å². The van der Waals surface area contributed by atoms with Crippen LogP contribution < -0.4 is 5.32 Å². The Morgan fingerprint density at radius 1 is 1.35 bits per heavy atom. The van der Waals surface area contributed by atoms with Crippen LogP contribution in [0.5, 0.6) is 0 Å². The van der Waals surface area contributed by atoms with Crippen LogP contribution in [0.1, 0.15) is 26.7 Å². The Hall–Kier alpha value is -0.810. The van der Waals surface area contributed by atoms with Gasteiger partial charge in [0.15, 0.2) is 0 Å². The Kier molecular flexibility index (Phi) is 5.71. The minimum absolute atomic E-state index is 0.0511. The Bertz CT molecular complexity index is 334. The van der Waals surface area contributed by atoms with Crippen molar-refractivity contribution in [3.8, 4) is 0 Å². The first-order chi connectivity index (χ1) is 8.19. The lowest BCUT2D eigenvalue weighted by Crippen LogP contribution is -2.32. The van der Waals surface area contributed by atoms with Crippen molar-refractivity contribution in [1.29, 1.82) is 0 Å². The van der Waals surface area contributed by atoms with Gasteiger partial charge < -0.3 is 10.4 Å². The van der Waals surface area contributed by atoms with Crippen LogP contribution in [0, 0.1) is 5.41 Å². The van der Waals surface area contributed by atoms with Gasteiger partial charge in [0.25, 0.3) is 0 Å². The number of rotatable bonds is 7. The van der Waals surface area contributed by atoms with Gasteiger partial charge in [-0.15, -0.1) is 11.8 Å². The maximum Gasteiger partial charge on any atom is 0.130 e. The molecule has 0 aliphatic heterocycles. The third-order valence-electron chi connectivity index (χ3n) is 3.33. The van der Waals surface area contributed by atoms with Crippen molar-refractivity contribution in [2.45, 2.75) is 31.7 Å². The minimum atomic E-state index is -0.0511. The first-order valence-electron chi connectivity index (χ1n) is 5.90. The van der Waals surface area contributed by atoms with Crippen LogP contribution in [0.25, 0.3) is 0 Å². The summed E-state index contributed by atoms with van der Waals surface area (Å²) in [6.45, 7) is 5.15. The molecule has 1 aromatic rings. The van der Waals surface area contributed by atoms with Crippen molar-refractivity contribution in [3.63, 3.8) is 0 Å². The van der Waals surface area contributed by atoms with Gasteiger partial charge >= 0.3 is 0 Å². The molecule has 0 aliphatic rings. The van der Waals surface area contributed by atoms with Crippen LogP contribution in [0.2, 0.25) is 0 Å². The summed E-state index contributed by atoms with van der Waals surface area (Å²) in [4.78, 5) is 8.30. The van der Waals surface area contributed by atoms with E-state index < -0.39 is 0 Å². The average molecular weight is 255 g/mol. The van der Waals surface area contributed by atoms with E-state index in [1.54, 1.807) is 18.1 Å². The van der Waals surface area contributed by atoms with Crippen LogP contribution in [0.15, 0.2) is 17.4 Å². The standard InChI is InChI=1S/C12H21N3OS/c1-4-12(5-2,8-16)7-13-10-6-11(17-3)15-9-14-10/h6,9,16H,4-5,7-8H2,1-3H3,(H,13,14,15). The summed E-state index contributed by atoms with van der Waals surface area (Å²) >= 11 is 1.59. The van der Waals surface area contributed by atoms with Gasteiger partial charge in [-0.3, -0.25) is 0 Å². The maximum atomic E-state index is 9.48. The number of nitrogens with one attached hydrogen (secondary N) is 1. The molecule has 96 valence electrons. The highest BCUT2D eigenvalue weighted by atomic mass is 32.2. The molecule has 0 aromatic carbocycles. The molecule has 5 heteroatoms. The van der Waals surface area contributed by atoms with E-state index in [-0.39, 0.29) is 12.0 Å². The predicted molar refractivity (Wildman–Crippen MR) is 72.4 cm³/mol. The molecule has 0 atom stereocenters. The second-order valence-corrected chi connectivity index (χ2v) is 4.99. The van der Waals surface area contributed by atoms with Gasteiger partial charge in [-0.2, -0.15) is 0 Å².